The van der Waals surface area contributed by atoms with E-state index in [0.717, 1.165) is 29.9 Å². The maximum atomic E-state index is 12.1. The molecule has 0 aromatic heterocycles. The van der Waals surface area contributed by atoms with Gasteiger partial charge in [0.25, 0.3) is 0 Å². The molecule has 2 aromatic carbocycles. The first-order valence-electron chi connectivity index (χ1n) is 8.49. The highest BCUT2D eigenvalue weighted by molar-refractivity contribution is 6.43. The van der Waals surface area contributed by atoms with E-state index in [-0.39, 0.29) is 0 Å². The summed E-state index contributed by atoms with van der Waals surface area (Å²) in [5.74, 6) is -1.37. The minimum atomic E-state index is -0.685. The summed E-state index contributed by atoms with van der Waals surface area (Å²) in [6.07, 6.45) is 0. The van der Waals surface area contributed by atoms with E-state index in [0.29, 0.717) is 11.4 Å². The number of amides is 2. The maximum absolute atomic E-state index is 12.1. The van der Waals surface area contributed by atoms with Gasteiger partial charge in [-0.3, -0.25) is 9.59 Å². The Morgan fingerprint density at radius 1 is 0.880 bits per heavy atom. The van der Waals surface area contributed by atoms with Gasteiger partial charge >= 0.3 is 11.8 Å². The highest BCUT2D eigenvalue weighted by Gasteiger charge is 2.15. The summed E-state index contributed by atoms with van der Waals surface area (Å²) < 4.78 is 0. The summed E-state index contributed by atoms with van der Waals surface area (Å²) in [4.78, 5) is 26.4. The van der Waals surface area contributed by atoms with Crippen LogP contribution in [0.25, 0.3) is 0 Å². The van der Waals surface area contributed by atoms with Gasteiger partial charge in [0.2, 0.25) is 0 Å². The highest BCUT2D eigenvalue weighted by Crippen LogP contribution is 2.18. The molecule has 5 nitrogen and oxygen atoms in total. The van der Waals surface area contributed by atoms with Crippen LogP contribution in [0.5, 0.6) is 0 Å². The lowest BCUT2D eigenvalue weighted by molar-refractivity contribution is -0.133. The van der Waals surface area contributed by atoms with Crippen LogP contribution in [0.2, 0.25) is 0 Å². The SMILES string of the molecule is CCN(CC)c1ccc(NC(=O)C(=O)Nc2ccc(C)cc2C)cc1. The largest absolute Gasteiger partial charge is 0.372 e. The number of anilines is 3. The molecule has 0 spiro atoms. The molecular formula is C20H25N3O2. The molecule has 0 atom stereocenters. The molecule has 0 fully saturated rings. The van der Waals surface area contributed by atoms with Gasteiger partial charge in [0, 0.05) is 30.2 Å². The zero-order chi connectivity index (χ0) is 18.4. The van der Waals surface area contributed by atoms with Crippen LogP contribution in [0.3, 0.4) is 0 Å². The molecule has 0 heterocycles. The van der Waals surface area contributed by atoms with Crippen molar-refractivity contribution in [3.8, 4) is 0 Å². The molecular weight excluding hydrogens is 314 g/mol. The van der Waals surface area contributed by atoms with Gasteiger partial charge in [-0.25, -0.2) is 0 Å². The van der Waals surface area contributed by atoms with E-state index in [1.54, 1.807) is 18.2 Å². The second-order valence-corrected chi connectivity index (χ2v) is 5.95. The van der Waals surface area contributed by atoms with E-state index in [1.807, 2.05) is 38.1 Å². The molecule has 0 aliphatic carbocycles. The first-order valence-corrected chi connectivity index (χ1v) is 8.49. The van der Waals surface area contributed by atoms with E-state index in [4.69, 9.17) is 0 Å². The molecule has 0 unspecified atom stereocenters. The zero-order valence-electron chi connectivity index (χ0n) is 15.2. The number of rotatable bonds is 5. The monoisotopic (exact) mass is 339 g/mol. The summed E-state index contributed by atoms with van der Waals surface area (Å²) in [5, 5.41) is 5.27. The lowest BCUT2D eigenvalue weighted by Gasteiger charge is -2.21. The summed E-state index contributed by atoms with van der Waals surface area (Å²) >= 11 is 0. The van der Waals surface area contributed by atoms with Crippen molar-refractivity contribution in [2.45, 2.75) is 27.7 Å². The average molecular weight is 339 g/mol. The molecule has 0 saturated carbocycles. The Hall–Kier alpha value is -2.82. The van der Waals surface area contributed by atoms with Crippen molar-refractivity contribution in [2.24, 2.45) is 0 Å². The second kappa shape index (κ2) is 8.33. The first-order chi connectivity index (χ1) is 11.9. The minimum absolute atomic E-state index is 0.594. The number of nitrogens with one attached hydrogen (secondary N) is 2. The topological polar surface area (TPSA) is 61.4 Å². The lowest BCUT2D eigenvalue weighted by Crippen LogP contribution is -2.29. The maximum Gasteiger partial charge on any atom is 0.314 e. The van der Waals surface area contributed by atoms with Gasteiger partial charge in [0.05, 0.1) is 0 Å². The van der Waals surface area contributed by atoms with Crippen LogP contribution in [0, 0.1) is 13.8 Å². The molecule has 5 heteroatoms. The minimum Gasteiger partial charge on any atom is -0.372 e. The van der Waals surface area contributed by atoms with Crippen molar-refractivity contribution in [3.63, 3.8) is 0 Å². The normalized spacial score (nSPS) is 10.2. The van der Waals surface area contributed by atoms with Crippen LogP contribution in [0.1, 0.15) is 25.0 Å². The number of aryl methyl sites for hydroxylation is 2. The van der Waals surface area contributed by atoms with Crippen LogP contribution in [0.4, 0.5) is 17.1 Å². The third-order valence-electron chi connectivity index (χ3n) is 4.09. The molecule has 132 valence electrons. The van der Waals surface area contributed by atoms with Crippen LogP contribution in [0.15, 0.2) is 42.5 Å². The van der Waals surface area contributed by atoms with Crippen molar-refractivity contribution in [1.82, 2.24) is 0 Å². The Morgan fingerprint density at radius 2 is 1.48 bits per heavy atom. The molecule has 2 N–H and O–H groups in total. The quantitative estimate of drug-likeness (QED) is 0.816. The lowest BCUT2D eigenvalue weighted by atomic mass is 10.1. The number of nitrogens with zero attached hydrogens (tertiary/aromatic N) is 1. The highest BCUT2D eigenvalue weighted by atomic mass is 16.2. The number of hydrogen-bond acceptors (Lipinski definition) is 3. The molecule has 2 amide bonds. The number of hydrogen-bond donors (Lipinski definition) is 2. The van der Waals surface area contributed by atoms with Gasteiger partial charge in [0.15, 0.2) is 0 Å². The third-order valence-corrected chi connectivity index (χ3v) is 4.09. The first kappa shape index (κ1) is 18.5. The second-order valence-electron chi connectivity index (χ2n) is 5.95. The van der Waals surface area contributed by atoms with Gasteiger partial charge in [0.1, 0.15) is 0 Å². The summed E-state index contributed by atoms with van der Waals surface area (Å²) in [6, 6.07) is 13.1. The summed E-state index contributed by atoms with van der Waals surface area (Å²) in [6.45, 7) is 9.90. The Bertz CT molecular complexity index is 750. The van der Waals surface area contributed by atoms with E-state index in [2.05, 4.69) is 29.4 Å². The number of carbonyl (C=O) groups is 2. The van der Waals surface area contributed by atoms with E-state index in [1.165, 1.54) is 0 Å². The molecule has 0 aliphatic rings. The molecule has 0 saturated heterocycles. The molecule has 0 aliphatic heterocycles. The molecule has 0 radical (unpaired) electrons. The molecule has 2 aromatic rings. The molecule has 25 heavy (non-hydrogen) atoms. The van der Waals surface area contributed by atoms with Crippen molar-refractivity contribution >= 4 is 28.9 Å². The Balaban J connectivity index is 2.00. The average Bonchev–Trinajstić information content (AvgIpc) is 2.59. The van der Waals surface area contributed by atoms with Crippen molar-refractivity contribution in [3.05, 3.63) is 53.6 Å². The van der Waals surface area contributed by atoms with Crippen molar-refractivity contribution in [2.75, 3.05) is 28.6 Å². The van der Waals surface area contributed by atoms with Gasteiger partial charge in [-0.15, -0.1) is 0 Å². The standard InChI is InChI=1S/C20H25N3O2/c1-5-23(6-2)17-10-8-16(9-11-17)21-19(24)20(25)22-18-12-7-14(3)13-15(18)4/h7-13H,5-6H2,1-4H3,(H,21,24)(H,22,25). The van der Waals surface area contributed by atoms with Gasteiger partial charge in [-0.1, -0.05) is 17.7 Å². The van der Waals surface area contributed by atoms with E-state index < -0.39 is 11.8 Å². The Morgan fingerprint density at radius 3 is 2.04 bits per heavy atom. The molecule has 2 rings (SSSR count). The van der Waals surface area contributed by atoms with Crippen LogP contribution >= 0.6 is 0 Å². The Labute approximate surface area is 149 Å². The Kier molecular flexibility index (Phi) is 6.17. The number of carbonyl (C=O) groups excluding carboxylic acids is 2. The van der Waals surface area contributed by atoms with Crippen molar-refractivity contribution in [1.29, 1.82) is 0 Å². The summed E-state index contributed by atoms with van der Waals surface area (Å²) in [7, 11) is 0. The zero-order valence-corrected chi connectivity index (χ0v) is 15.2. The van der Waals surface area contributed by atoms with E-state index in [9.17, 15) is 9.59 Å². The summed E-state index contributed by atoms with van der Waals surface area (Å²) in [5.41, 5.74) is 4.35. The third kappa shape index (κ3) is 4.83. The van der Waals surface area contributed by atoms with Gasteiger partial charge in [-0.05, 0) is 63.6 Å². The predicted molar refractivity (Wildman–Crippen MR) is 103 cm³/mol. The van der Waals surface area contributed by atoms with Crippen LogP contribution in [-0.2, 0) is 9.59 Å². The fourth-order valence-electron chi connectivity index (χ4n) is 2.67. The van der Waals surface area contributed by atoms with Crippen LogP contribution < -0.4 is 15.5 Å². The fraction of sp³-hybridized carbons (Fsp3) is 0.300. The van der Waals surface area contributed by atoms with Gasteiger partial charge < -0.3 is 15.5 Å². The van der Waals surface area contributed by atoms with E-state index >= 15 is 0 Å². The molecule has 0 bridgehead atoms. The van der Waals surface area contributed by atoms with Crippen molar-refractivity contribution < 1.29 is 9.59 Å². The smallest absolute Gasteiger partial charge is 0.314 e. The van der Waals surface area contributed by atoms with Crippen LogP contribution in [-0.4, -0.2) is 24.9 Å². The fourth-order valence-corrected chi connectivity index (χ4v) is 2.67. The predicted octanol–water partition coefficient (Wildman–Crippen LogP) is 3.73. The number of benzene rings is 2. The van der Waals surface area contributed by atoms with Gasteiger partial charge in [-0.2, -0.15) is 0 Å².